The summed E-state index contributed by atoms with van der Waals surface area (Å²) in [6.07, 6.45) is 2.90. The monoisotopic (exact) mass is 670 g/mol. The van der Waals surface area contributed by atoms with Crippen molar-refractivity contribution in [1.29, 1.82) is 0 Å². The van der Waals surface area contributed by atoms with Crippen molar-refractivity contribution >= 4 is 81.4 Å². The first kappa shape index (κ1) is 27.9. The number of carbonyl (C=O) groups is 4. The van der Waals surface area contributed by atoms with Crippen molar-refractivity contribution in [3.63, 3.8) is 0 Å². The summed E-state index contributed by atoms with van der Waals surface area (Å²) in [6.45, 7) is 0. The Morgan fingerprint density at radius 3 is 1.25 bits per heavy atom. The summed E-state index contributed by atoms with van der Waals surface area (Å²) in [6, 6.07) is 11.7. The minimum Gasteiger partial charge on any atom is -0.468 e. The molecular weight excluding hydrogens is 654 g/mol. The molecule has 0 unspecified atom stereocenters. The first-order chi connectivity index (χ1) is 21.2. The molecule has 4 saturated heterocycles. The van der Waals surface area contributed by atoms with Crippen LogP contribution >= 0.6 is 46.4 Å². The number of imide groups is 2. The summed E-state index contributed by atoms with van der Waals surface area (Å²) in [4.78, 5) is 59.2. The number of rotatable bonds is 4. The number of fused-ring (bicyclic) bond motifs is 5. The molecule has 2 aromatic heterocycles. The molecule has 10 nitrogen and oxygen atoms in total. The second-order valence-corrected chi connectivity index (χ2v) is 12.5. The summed E-state index contributed by atoms with van der Waals surface area (Å²) in [5, 5.41) is 4.20. The Labute approximate surface area is 269 Å². The Hall–Kier alpha value is -3.64. The second kappa shape index (κ2) is 9.93. The van der Waals surface area contributed by atoms with Crippen LogP contribution in [0.1, 0.15) is 23.6 Å². The minimum absolute atomic E-state index is 0.175. The maximum absolute atomic E-state index is 14.3. The number of hydrogen-bond acceptors (Lipinski definition) is 8. The molecule has 6 heterocycles. The molecule has 6 atom stereocenters. The molecule has 4 aliphatic heterocycles. The summed E-state index contributed by atoms with van der Waals surface area (Å²) < 4.78 is 11.6. The van der Waals surface area contributed by atoms with Crippen molar-refractivity contribution in [2.45, 2.75) is 24.2 Å². The van der Waals surface area contributed by atoms with Crippen LogP contribution in [0.2, 0.25) is 20.1 Å². The van der Waals surface area contributed by atoms with E-state index in [9.17, 15) is 19.2 Å². The second-order valence-electron chi connectivity index (χ2n) is 10.8. The van der Waals surface area contributed by atoms with E-state index >= 15 is 0 Å². The fourth-order valence-electron chi connectivity index (χ4n) is 7.07. The molecule has 0 N–H and O–H groups in total. The van der Waals surface area contributed by atoms with E-state index < -0.39 is 59.6 Å². The van der Waals surface area contributed by atoms with E-state index in [1.807, 2.05) is 0 Å². The van der Waals surface area contributed by atoms with Crippen LogP contribution in [0.4, 0.5) is 11.4 Å². The maximum atomic E-state index is 14.3. The lowest BCUT2D eigenvalue weighted by Gasteiger charge is -2.34. The Kier molecular flexibility index (Phi) is 6.29. The number of halogens is 4. The summed E-state index contributed by atoms with van der Waals surface area (Å²) in [5.41, 5.74) is 0.501. The summed E-state index contributed by atoms with van der Waals surface area (Å²) in [7, 11) is 0. The first-order valence-corrected chi connectivity index (χ1v) is 15.0. The van der Waals surface area contributed by atoms with Gasteiger partial charge < -0.3 is 8.83 Å². The van der Waals surface area contributed by atoms with Crippen molar-refractivity contribution in [1.82, 2.24) is 10.0 Å². The zero-order valence-corrected chi connectivity index (χ0v) is 25.2. The molecule has 4 aliphatic rings. The zero-order chi connectivity index (χ0) is 30.6. The van der Waals surface area contributed by atoms with E-state index in [0.717, 1.165) is 9.80 Å². The molecule has 0 bridgehead atoms. The molecule has 8 rings (SSSR count). The fraction of sp³-hybridized carbons (Fsp3) is 0.200. The predicted octanol–water partition coefficient (Wildman–Crippen LogP) is 5.93. The van der Waals surface area contributed by atoms with Crippen molar-refractivity contribution in [2.75, 3.05) is 9.80 Å². The SMILES string of the molecule is O=C1[C@H]2[C@H](C(=O)N1c1ccc(Cl)c(Cl)c1)N1[C@@H](c3ccco3)[C@H]3C(=O)N(c4ccc(Cl)c(Cl)c4)C(=O)[C@H]3N1[C@H]2c1ccco1. The van der Waals surface area contributed by atoms with Crippen LogP contribution in [-0.4, -0.2) is 45.7 Å². The van der Waals surface area contributed by atoms with Crippen molar-refractivity contribution in [3.8, 4) is 0 Å². The first-order valence-electron chi connectivity index (χ1n) is 13.5. The number of hydrogen-bond donors (Lipinski definition) is 0. The Balaban J connectivity index is 1.30. The van der Waals surface area contributed by atoms with Crippen LogP contribution in [-0.2, 0) is 19.2 Å². The van der Waals surface area contributed by atoms with Crippen LogP contribution in [0.5, 0.6) is 0 Å². The number of nitrogens with zero attached hydrogens (tertiary/aromatic N) is 4. The quantitative estimate of drug-likeness (QED) is 0.246. The van der Waals surface area contributed by atoms with Gasteiger partial charge in [0.1, 0.15) is 23.6 Å². The zero-order valence-electron chi connectivity index (χ0n) is 22.1. The number of furan rings is 2. The van der Waals surface area contributed by atoms with Crippen LogP contribution in [0.25, 0.3) is 0 Å². The van der Waals surface area contributed by atoms with Gasteiger partial charge in [-0.2, -0.15) is 0 Å². The van der Waals surface area contributed by atoms with Crippen molar-refractivity contribution in [3.05, 3.63) is 105 Å². The highest BCUT2D eigenvalue weighted by Gasteiger charge is 2.74. The molecule has 4 aromatic rings. The van der Waals surface area contributed by atoms with E-state index in [0.29, 0.717) is 11.5 Å². The molecule has 2 aromatic carbocycles. The third-order valence-corrected chi connectivity index (χ3v) is 10.2. The van der Waals surface area contributed by atoms with Gasteiger partial charge in [-0.3, -0.25) is 19.2 Å². The molecule has 44 heavy (non-hydrogen) atoms. The number of carbonyl (C=O) groups excluding carboxylic acids is 4. The molecule has 0 saturated carbocycles. The molecular formula is C30H18Cl4N4O6. The standard InChI is InChI=1S/C30H18Cl4N4O6/c31-15-7-5-13(11-17(15)33)35-27(39)21-23(19-3-1-9-43-19)37-26-22(24(20-4-2-10-44-20)38(37)25(21)29(35)41)28(40)36(30(26)42)14-6-8-16(32)18(34)12-14/h1-12,21-26H/t21-,22-,23+,24+,25-,26+/m1/s1. The van der Waals surface area contributed by atoms with Crippen LogP contribution < -0.4 is 9.80 Å². The molecule has 14 heteroatoms. The lowest BCUT2D eigenvalue weighted by atomic mass is 9.87. The van der Waals surface area contributed by atoms with Crippen LogP contribution in [0, 0.1) is 11.8 Å². The number of anilines is 2. The smallest absolute Gasteiger partial charge is 0.253 e. The number of amides is 4. The van der Waals surface area contributed by atoms with Gasteiger partial charge in [-0.15, -0.1) is 0 Å². The molecule has 4 fully saturated rings. The van der Waals surface area contributed by atoms with Gasteiger partial charge in [0, 0.05) is 0 Å². The van der Waals surface area contributed by atoms with Crippen LogP contribution in [0.15, 0.2) is 82.0 Å². The van der Waals surface area contributed by atoms with E-state index in [1.54, 1.807) is 34.3 Å². The summed E-state index contributed by atoms with van der Waals surface area (Å²) in [5.74, 6) is -3.40. The summed E-state index contributed by atoms with van der Waals surface area (Å²) >= 11 is 24.7. The van der Waals surface area contributed by atoms with Crippen molar-refractivity contribution < 1.29 is 28.0 Å². The van der Waals surface area contributed by atoms with Gasteiger partial charge in [0.15, 0.2) is 0 Å². The van der Waals surface area contributed by atoms with Gasteiger partial charge in [0.2, 0.25) is 11.8 Å². The van der Waals surface area contributed by atoms with Gasteiger partial charge in [0.25, 0.3) is 11.8 Å². The Morgan fingerprint density at radius 1 is 0.500 bits per heavy atom. The number of hydrazine groups is 1. The maximum Gasteiger partial charge on any atom is 0.253 e. The molecule has 0 radical (unpaired) electrons. The highest BCUT2D eigenvalue weighted by Crippen LogP contribution is 2.60. The van der Waals surface area contributed by atoms with Gasteiger partial charge >= 0.3 is 0 Å². The third-order valence-electron chi connectivity index (χ3n) is 8.72. The highest BCUT2D eigenvalue weighted by molar-refractivity contribution is 6.43. The average Bonchev–Trinajstić information content (AvgIpc) is 3.82. The lowest BCUT2D eigenvalue weighted by Crippen LogP contribution is -2.50. The number of benzene rings is 2. The van der Waals surface area contributed by atoms with E-state index in [-0.39, 0.29) is 31.5 Å². The topological polar surface area (TPSA) is 108 Å². The predicted molar refractivity (Wildman–Crippen MR) is 159 cm³/mol. The highest BCUT2D eigenvalue weighted by atomic mass is 35.5. The average molecular weight is 672 g/mol. The fourth-order valence-corrected chi connectivity index (χ4v) is 7.65. The van der Waals surface area contributed by atoms with Gasteiger partial charge in [-0.1, -0.05) is 46.4 Å². The van der Waals surface area contributed by atoms with Gasteiger partial charge in [-0.05, 0) is 60.7 Å². The largest absolute Gasteiger partial charge is 0.468 e. The molecule has 0 spiro atoms. The van der Waals surface area contributed by atoms with Gasteiger partial charge in [-0.25, -0.2) is 19.8 Å². The third kappa shape index (κ3) is 3.70. The van der Waals surface area contributed by atoms with E-state index in [1.165, 1.54) is 48.9 Å². The molecule has 4 amide bonds. The van der Waals surface area contributed by atoms with Crippen molar-refractivity contribution in [2.24, 2.45) is 11.8 Å². The Bertz CT molecular complexity index is 1750. The normalized spacial score (nSPS) is 28.4. The minimum atomic E-state index is -1.09. The van der Waals surface area contributed by atoms with Gasteiger partial charge in [0.05, 0.1) is 67.9 Å². The molecule has 0 aliphatic carbocycles. The van der Waals surface area contributed by atoms with E-state index in [4.69, 9.17) is 55.2 Å². The lowest BCUT2D eigenvalue weighted by molar-refractivity contribution is -0.136. The Morgan fingerprint density at radius 2 is 0.909 bits per heavy atom. The molecule has 222 valence electrons. The van der Waals surface area contributed by atoms with E-state index in [2.05, 4.69) is 0 Å². The van der Waals surface area contributed by atoms with Crippen LogP contribution in [0.3, 0.4) is 0 Å².